The van der Waals surface area contributed by atoms with E-state index in [0.29, 0.717) is 54.9 Å². The van der Waals surface area contributed by atoms with Crippen molar-refractivity contribution < 1.29 is 28.5 Å². The van der Waals surface area contributed by atoms with E-state index in [1.165, 1.54) is 19.3 Å². The highest BCUT2D eigenvalue weighted by molar-refractivity contribution is 5.89. The standard InChI is InChI=1S/C29H37NO6/c1-4-35-29(32)21-10-12-23(13-11-21)36-19-25-24-18-27(34-3)26(33-2)17-22(24)14-15-30(25)28(31)16-20-8-6-5-7-9-20/h10-13,17-18,20,25H,4-9,14-16,19H2,1-3H3. The molecule has 1 fully saturated rings. The molecule has 1 aliphatic heterocycles. The average Bonchev–Trinajstić information content (AvgIpc) is 2.91. The molecule has 1 saturated carbocycles. The van der Waals surface area contributed by atoms with Crippen molar-refractivity contribution in [2.75, 3.05) is 34.0 Å². The summed E-state index contributed by atoms with van der Waals surface area (Å²) in [7, 11) is 3.25. The Balaban J connectivity index is 1.56. The largest absolute Gasteiger partial charge is 0.493 e. The molecule has 2 aromatic rings. The first kappa shape index (κ1) is 25.9. The number of benzene rings is 2. The number of hydrogen-bond acceptors (Lipinski definition) is 6. The summed E-state index contributed by atoms with van der Waals surface area (Å²) >= 11 is 0. The quantitative estimate of drug-likeness (QED) is 0.436. The molecule has 4 rings (SSSR count). The second-order valence-electron chi connectivity index (χ2n) is 9.52. The van der Waals surface area contributed by atoms with Crippen molar-refractivity contribution >= 4 is 11.9 Å². The van der Waals surface area contributed by atoms with Gasteiger partial charge in [-0.25, -0.2) is 4.79 Å². The van der Waals surface area contributed by atoms with Crippen molar-refractivity contribution in [3.8, 4) is 17.2 Å². The Kier molecular flexibility index (Phi) is 8.73. The third kappa shape index (κ3) is 5.94. The summed E-state index contributed by atoms with van der Waals surface area (Å²) in [5.41, 5.74) is 2.65. The first-order chi connectivity index (χ1) is 17.5. The lowest BCUT2D eigenvalue weighted by molar-refractivity contribution is -0.136. The SMILES string of the molecule is CCOC(=O)c1ccc(OCC2c3cc(OC)c(OC)cc3CCN2C(=O)CC2CCCCC2)cc1. The number of carbonyl (C=O) groups is 2. The van der Waals surface area contributed by atoms with Gasteiger partial charge in [0, 0.05) is 13.0 Å². The van der Waals surface area contributed by atoms with Crippen LogP contribution in [0, 0.1) is 5.92 Å². The van der Waals surface area contributed by atoms with Crippen LogP contribution in [0.2, 0.25) is 0 Å². The fraction of sp³-hybridized carbons (Fsp3) is 0.517. The van der Waals surface area contributed by atoms with E-state index in [1.807, 2.05) is 17.0 Å². The number of carbonyl (C=O) groups excluding carboxylic acids is 2. The second kappa shape index (κ2) is 12.2. The summed E-state index contributed by atoms with van der Waals surface area (Å²) in [5, 5.41) is 0. The summed E-state index contributed by atoms with van der Waals surface area (Å²) in [5.74, 6) is 2.26. The van der Waals surface area contributed by atoms with Crippen molar-refractivity contribution in [3.63, 3.8) is 0 Å². The number of fused-ring (bicyclic) bond motifs is 1. The third-order valence-corrected chi connectivity index (χ3v) is 7.28. The lowest BCUT2D eigenvalue weighted by Gasteiger charge is -2.38. The summed E-state index contributed by atoms with van der Waals surface area (Å²) in [6, 6.07) is 10.7. The van der Waals surface area contributed by atoms with E-state index in [-0.39, 0.29) is 17.9 Å². The van der Waals surface area contributed by atoms with Crippen LogP contribution < -0.4 is 14.2 Å². The number of esters is 1. The van der Waals surface area contributed by atoms with Gasteiger partial charge in [-0.1, -0.05) is 19.3 Å². The molecular weight excluding hydrogens is 458 g/mol. The molecular formula is C29H37NO6. The van der Waals surface area contributed by atoms with Crippen LogP contribution in [0.4, 0.5) is 0 Å². The van der Waals surface area contributed by atoms with Gasteiger partial charge in [0.05, 0.1) is 32.4 Å². The Hall–Kier alpha value is -3.22. The van der Waals surface area contributed by atoms with Crippen molar-refractivity contribution in [3.05, 3.63) is 53.1 Å². The molecule has 7 nitrogen and oxygen atoms in total. The van der Waals surface area contributed by atoms with Gasteiger partial charge in [-0.15, -0.1) is 0 Å². The zero-order valence-corrected chi connectivity index (χ0v) is 21.6. The third-order valence-electron chi connectivity index (χ3n) is 7.28. The van der Waals surface area contributed by atoms with E-state index < -0.39 is 0 Å². The Morgan fingerprint density at radius 1 is 0.972 bits per heavy atom. The lowest BCUT2D eigenvalue weighted by Crippen LogP contribution is -2.43. The van der Waals surface area contributed by atoms with Gasteiger partial charge >= 0.3 is 5.97 Å². The number of rotatable bonds is 9. The van der Waals surface area contributed by atoms with E-state index in [1.54, 1.807) is 45.4 Å². The van der Waals surface area contributed by atoms with Crippen LogP contribution in [0.1, 0.15) is 73.0 Å². The van der Waals surface area contributed by atoms with Gasteiger partial charge in [0.15, 0.2) is 11.5 Å². The molecule has 2 aliphatic rings. The van der Waals surface area contributed by atoms with E-state index in [0.717, 1.165) is 30.4 Å². The highest BCUT2D eigenvalue weighted by Gasteiger charge is 2.34. The molecule has 36 heavy (non-hydrogen) atoms. The van der Waals surface area contributed by atoms with Gasteiger partial charge in [0.2, 0.25) is 5.91 Å². The molecule has 1 atom stereocenters. The molecule has 1 unspecified atom stereocenters. The number of nitrogens with zero attached hydrogens (tertiary/aromatic N) is 1. The van der Waals surface area contributed by atoms with Gasteiger partial charge in [-0.3, -0.25) is 4.79 Å². The molecule has 0 radical (unpaired) electrons. The first-order valence-electron chi connectivity index (χ1n) is 13.0. The molecule has 2 aromatic carbocycles. The molecule has 0 bridgehead atoms. The maximum Gasteiger partial charge on any atom is 0.338 e. The molecule has 194 valence electrons. The predicted molar refractivity (Wildman–Crippen MR) is 137 cm³/mol. The van der Waals surface area contributed by atoms with Crippen molar-refractivity contribution in [2.45, 2.75) is 57.9 Å². The van der Waals surface area contributed by atoms with E-state index in [4.69, 9.17) is 18.9 Å². The summed E-state index contributed by atoms with van der Waals surface area (Å²) in [6.07, 6.45) is 7.32. The zero-order chi connectivity index (χ0) is 25.5. The molecule has 1 aliphatic carbocycles. The van der Waals surface area contributed by atoms with Gasteiger partial charge in [0.1, 0.15) is 12.4 Å². The molecule has 1 heterocycles. The summed E-state index contributed by atoms with van der Waals surface area (Å²) in [6.45, 7) is 3.06. The van der Waals surface area contributed by atoms with Gasteiger partial charge in [-0.05, 0) is 79.6 Å². The van der Waals surface area contributed by atoms with Crippen molar-refractivity contribution in [1.29, 1.82) is 0 Å². The lowest BCUT2D eigenvalue weighted by atomic mass is 9.85. The van der Waals surface area contributed by atoms with Crippen LogP contribution in [-0.2, 0) is 16.0 Å². The van der Waals surface area contributed by atoms with Gasteiger partial charge in [0.25, 0.3) is 0 Å². The first-order valence-corrected chi connectivity index (χ1v) is 13.0. The van der Waals surface area contributed by atoms with E-state index in [2.05, 4.69) is 0 Å². The van der Waals surface area contributed by atoms with Crippen LogP contribution >= 0.6 is 0 Å². The number of amides is 1. The van der Waals surface area contributed by atoms with Crippen LogP contribution in [-0.4, -0.2) is 50.8 Å². The molecule has 7 heteroatoms. The fourth-order valence-corrected chi connectivity index (χ4v) is 5.34. The van der Waals surface area contributed by atoms with Crippen molar-refractivity contribution in [1.82, 2.24) is 4.90 Å². The van der Waals surface area contributed by atoms with Crippen molar-refractivity contribution in [2.24, 2.45) is 5.92 Å². The minimum atomic E-state index is -0.356. The van der Waals surface area contributed by atoms with E-state index >= 15 is 0 Å². The summed E-state index contributed by atoms with van der Waals surface area (Å²) in [4.78, 5) is 27.5. The Labute approximate surface area is 213 Å². The summed E-state index contributed by atoms with van der Waals surface area (Å²) < 4.78 is 22.3. The Morgan fingerprint density at radius 3 is 2.33 bits per heavy atom. The second-order valence-corrected chi connectivity index (χ2v) is 9.52. The van der Waals surface area contributed by atoms with Crippen LogP contribution in [0.25, 0.3) is 0 Å². The highest BCUT2D eigenvalue weighted by Crippen LogP contribution is 2.39. The highest BCUT2D eigenvalue weighted by atomic mass is 16.5. The van der Waals surface area contributed by atoms with Crippen LogP contribution in [0.15, 0.2) is 36.4 Å². The Bertz CT molecular complexity index is 1040. The fourth-order valence-electron chi connectivity index (χ4n) is 5.34. The predicted octanol–water partition coefficient (Wildman–Crippen LogP) is 5.36. The van der Waals surface area contributed by atoms with Crippen LogP contribution in [0.3, 0.4) is 0 Å². The smallest absolute Gasteiger partial charge is 0.338 e. The zero-order valence-electron chi connectivity index (χ0n) is 21.6. The molecule has 1 amide bonds. The maximum absolute atomic E-state index is 13.5. The average molecular weight is 496 g/mol. The molecule has 0 N–H and O–H groups in total. The van der Waals surface area contributed by atoms with E-state index in [9.17, 15) is 9.59 Å². The number of methoxy groups -OCH3 is 2. The molecule has 0 spiro atoms. The number of hydrogen-bond donors (Lipinski definition) is 0. The molecule has 0 aromatic heterocycles. The minimum absolute atomic E-state index is 0.189. The molecule has 0 saturated heterocycles. The van der Waals surface area contributed by atoms with Gasteiger partial charge < -0.3 is 23.8 Å². The normalized spacial score (nSPS) is 17.8. The topological polar surface area (TPSA) is 74.3 Å². The van der Waals surface area contributed by atoms with Crippen LogP contribution in [0.5, 0.6) is 17.2 Å². The monoisotopic (exact) mass is 495 g/mol. The Morgan fingerprint density at radius 2 is 1.67 bits per heavy atom. The minimum Gasteiger partial charge on any atom is -0.493 e. The maximum atomic E-state index is 13.5. The number of ether oxygens (including phenoxy) is 4. The van der Waals surface area contributed by atoms with Gasteiger partial charge in [-0.2, -0.15) is 0 Å².